The Labute approximate surface area is 213 Å². The van der Waals surface area contributed by atoms with Gasteiger partial charge in [-0.05, 0) is 26.0 Å². The van der Waals surface area contributed by atoms with Gasteiger partial charge in [0.15, 0.2) is 5.13 Å². The summed E-state index contributed by atoms with van der Waals surface area (Å²) in [7, 11) is 4.79. The third kappa shape index (κ3) is 5.48. The van der Waals surface area contributed by atoms with E-state index in [-0.39, 0.29) is 18.0 Å². The van der Waals surface area contributed by atoms with Gasteiger partial charge in [-0.2, -0.15) is 9.97 Å². The number of hydrogen-bond donors (Lipinski definition) is 2. The number of amides is 3. The number of ether oxygens (including phenoxy) is 2. The van der Waals surface area contributed by atoms with Crippen LogP contribution in [0.3, 0.4) is 0 Å². The molecule has 0 saturated heterocycles. The summed E-state index contributed by atoms with van der Waals surface area (Å²) in [5.74, 6) is 0.950. The van der Waals surface area contributed by atoms with E-state index in [1.165, 1.54) is 18.4 Å². The molecule has 0 radical (unpaired) electrons. The number of benzene rings is 1. The molecular formula is C24H29N7O4S. The number of rotatable bonds is 7. The standard InChI is InChI=1S/C24H29N7O4S/c1-14(2)30(3)21(32)15-8-6-7-9-16(15)25-22(33)29-24-26-17-10-11-31(13-18(17)36-24)19-12-20(34-4)28-23(27-19)35-5/h6-9,12,14H,10-11,13H2,1-5H3,(H2,25,26,29,33). The number of nitrogens with one attached hydrogen (secondary N) is 2. The lowest BCUT2D eigenvalue weighted by Crippen LogP contribution is -2.33. The van der Waals surface area contributed by atoms with Gasteiger partial charge in [-0.25, -0.2) is 9.78 Å². The van der Waals surface area contributed by atoms with Crippen molar-refractivity contribution in [2.24, 2.45) is 0 Å². The lowest BCUT2D eigenvalue weighted by Gasteiger charge is -2.27. The Morgan fingerprint density at radius 2 is 1.89 bits per heavy atom. The Kier molecular flexibility index (Phi) is 7.53. The first kappa shape index (κ1) is 25.2. The minimum Gasteiger partial charge on any atom is -0.481 e. The third-order valence-electron chi connectivity index (χ3n) is 5.84. The van der Waals surface area contributed by atoms with E-state index in [0.29, 0.717) is 47.6 Å². The number of hydrogen-bond acceptors (Lipinski definition) is 9. The molecule has 3 heterocycles. The van der Waals surface area contributed by atoms with E-state index >= 15 is 0 Å². The molecule has 36 heavy (non-hydrogen) atoms. The highest BCUT2D eigenvalue weighted by molar-refractivity contribution is 7.15. The molecule has 0 unspecified atom stereocenters. The molecule has 0 fully saturated rings. The Hall–Kier alpha value is -3.93. The Morgan fingerprint density at radius 3 is 2.61 bits per heavy atom. The maximum atomic E-state index is 12.8. The van der Waals surface area contributed by atoms with E-state index in [2.05, 4.69) is 30.5 Å². The van der Waals surface area contributed by atoms with E-state index in [0.717, 1.165) is 10.6 Å². The van der Waals surface area contributed by atoms with Gasteiger partial charge in [0.05, 0.1) is 37.7 Å². The van der Waals surface area contributed by atoms with Crippen molar-refractivity contribution in [2.45, 2.75) is 32.9 Å². The van der Waals surface area contributed by atoms with Gasteiger partial charge in [-0.15, -0.1) is 0 Å². The number of carbonyl (C=O) groups excluding carboxylic acids is 2. The van der Waals surface area contributed by atoms with Gasteiger partial charge in [0.2, 0.25) is 5.88 Å². The van der Waals surface area contributed by atoms with Crippen molar-refractivity contribution in [3.8, 4) is 11.9 Å². The lowest BCUT2D eigenvalue weighted by molar-refractivity contribution is 0.0756. The van der Waals surface area contributed by atoms with Crippen LogP contribution in [0.25, 0.3) is 0 Å². The van der Waals surface area contributed by atoms with Crippen LogP contribution in [0.5, 0.6) is 11.9 Å². The van der Waals surface area contributed by atoms with Gasteiger partial charge in [-0.1, -0.05) is 23.5 Å². The molecule has 3 aromatic rings. The van der Waals surface area contributed by atoms with Gasteiger partial charge in [0.1, 0.15) is 5.82 Å². The fourth-order valence-electron chi connectivity index (χ4n) is 3.65. The van der Waals surface area contributed by atoms with Crippen molar-refractivity contribution >= 4 is 39.9 Å². The highest BCUT2D eigenvalue weighted by atomic mass is 32.1. The summed E-state index contributed by atoms with van der Waals surface area (Å²) in [6.45, 7) is 5.15. The van der Waals surface area contributed by atoms with E-state index in [4.69, 9.17) is 9.47 Å². The summed E-state index contributed by atoms with van der Waals surface area (Å²) >= 11 is 1.41. The van der Waals surface area contributed by atoms with Gasteiger partial charge < -0.3 is 24.6 Å². The first-order valence-electron chi connectivity index (χ1n) is 11.4. The molecule has 12 heteroatoms. The first-order valence-corrected chi connectivity index (χ1v) is 12.3. The van der Waals surface area contributed by atoms with Crippen LogP contribution < -0.4 is 25.0 Å². The second-order valence-electron chi connectivity index (χ2n) is 8.45. The highest BCUT2D eigenvalue weighted by Crippen LogP contribution is 2.32. The number of aromatic nitrogens is 3. The summed E-state index contributed by atoms with van der Waals surface area (Å²) in [6.07, 6.45) is 0.697. The van der Waals surface area contributed by atoms with Crippen molar-refractivity contribution < 1.29 is 19.1 Å². The van der Waals surface area contributed by atoms with Crippen LogP contribution in [0.2, 0.25) is 0 Å². The minimum absolute atomic E-state index is 0.0325. The van der Waals surface area contributed by atoms with E-state index in [1.807, 2.05) is 13.8 Å². The Morgan fingerprint density at radius 1 is 1.11 bits per heavy atom. The molecule has 0 atom stereocenters. The summed E-state index contributed by atoms with van der Waals surface area (Å²) in [5.41, 5.74) is 1.80. The topological polar surface area (TPSA) is 122 Å². The molecular weight excluding hydrogens is 482 g/mol. The smallest absolute Gasteiger partial charge is 0.325 e. The van der Waals surface area contributed by atoms with Gasteiger partial charge in [0, 0.05) is 37.0 Å². The Bertz CT molecular complexity index is 1240. The number of para-hydroxylation sites is 1. The number of carbonyl (C=O) groups is 2. The van der Waals surface area contributed by atoms with Gasteiger partial charge in [0.25, 0.3) is 5.91 Å². The third-order valence-corrected chi connectivity index (χ3v) is 6.83. The second kappa shape index (κ2) is 10.8. The highest BCUT2D eigenvalue weighted by Gasteiger charge is 2.24. The molecule has 1 aliphatic rings. The second-order valence-corrected chi connectivity index (χ2v) is 9.53. The number of methoxy groups -OCH3 is 2. The molecule has 1 aromatic carbocycles. The van der Waals surface area contributed by atoms with E-state index < -0.39 is 6.03 Å². The van der Waals surface area contributed by atoms with Crippen molar-refractivity contribution in [1.82, 2.24) is 19.9 Å². The molecule has 11 nitrogen and oxygen atoms in total. The molecule has 0 bridgehead atoms. The summed E-state index contributed by atoms with van der Waals surface area (Å²) < 4.78 is 10.4. The van der Waals surface area contributed by atoms with Crippen LogP contribution in [-0.4, -0.2) is 65.6 Å². The predicted molar refractivity (Wildman–Crippen MR) is 138 cm³/mol. The zero-order valence-electron chi connectivity index (χ0n) is 20.9. The largest absolute Gasteiger partial charge is 0.481 e. The van der Waals surface area contributed by atoms with Crippen molar-refractivity contribution in [3.05, 3.63) is 46.5 Å². The molecule has 4 rings (SSSR count). The zero-order chi connectivity index (χ0) is 25.8. The maximum Gasteiger partial charge on any atom is 0.325 e. The predicted octanol–water partition coefficient (Wildman–Crippen LogP) is 3.64. The van der Waals surface area contributed by atoms with Gasteiger partial charge >= 0.3 is 12.0 Å². The summed E-state index contributed by atoms with van der Waals surface area (Å²) in [5, 5.41) is 6.08. The molecule has 0 saturated carbocycles. The maximum absolute atomic E-state index is 12.8. The zero-order valence-corrected chi connectivity index (χ0v) is 21.7. The van der Waals surface area contributed by atoms with Crippen LogP contribution in [-0.2, 0) is 13.0 Å². The fourth-order valence-corrected chi connectivity index (χ4v) is 4.67. The van der Waals surface area contributed by atoms with Crippen LogP contribution in [0.15, 0.2) is 30.3 Å². The summed E-state index contributed by atoms with van der Waals surface area (Å²) in [4.78, 5) is 43.5. The van der Waals surface area contributed by atoms with E-state index in [1.54, 1.807) is 49.4 Å². The summed E-state index contributed by atoms with van der Waals surface area (Å²) in [6, 6.07) is 8.51. The van der Waals surface area contributed by atoms with Crippen LogP contribution in [0.1, 0.15) is 34.8 Å². The van der Waals surface area contributed by atoms with Crippen molar-refractivity contribution in [2.75, 3.05) is 43.3 Å². The first-order chi connectivity index (χ1) is 17.3. The quantitative estimate of drug-likeness (QED) is 0.493. The van der Waals surface area contributed by atoms with Crippen LogP contribution >= 0.6 is 11.3 Å². The molecule has 1 aliphatic heterocycles. The number of fused-ring (bicyclic) bond motifs is 1. The molecule has 0 aliphatic carbocycles. The normalized spacial score (nSPS) is 12.7. The number of thiazole rings is 1. The van der Waals surface area contributed by atoms with Crippen LogP contribution in [0, 0.1) is 0 Å². The fraction of sp³-hybridized carbons (Fsp3) is 0.375. The average Bonchev–Trinajstić information content (AvgIpc) is 3.28. The molecule has 3 amide bonds. The minimum atomic E-state index is -0.462. The average molecular weight is 512 g/mol. The number of anilines is 3. The number of urea groups is 1. The van der Waals surface area contributed by atoms with Crippen molar-refractivity contribution in [3.63, 3.8) is 0 Å². The van der Waals surface area contributed by atoms with E-state index in [9.17, 15) is 9.59 Å². The Balaban J connectivity index is 1.45. The van der Waals surface area contributed by atoms with Gasteiger partial charge in [-0.3, -0.25) is 10.1 Å². The van der Waals surface area contributed by atoms with Crippen molar-refractivity contribution in [1.29, 1.82) is 0 Å². The molecule has 2 N–H and O–H groups in total. The monoisotopic (exact) mass is 511 g/mol. The molecule has 0 spiro atoms. The molecule has 190 valence electrons. The lowest BCUT2D eigenvalue weighted by atomic mass is 10.1. The SMILES string of the molecule is COc1cc(N2CCc3nc(NC(=O)Nc4ccccc4C(=O)N(C)C(C)C)sc3C2)nc(OC)n1. The molecule has 2 aromatic heterocycles. The number of nitrogens with zero attached hydrogens (tertiary/aromatic N) is 5. The van der Waals surface area contributed by atoms with Crippen LogP contribution in [0.4, 0.5) is 21.4 Å².